The fraction of sp³-hybridized carbons (Fsp3) is 0.300. The molecule has 4 rings (SSSR count). The molecule has 3 heterocycles. The van der Waals surface area contributed by atoms with Crippen molar-refractivity contribution >= 4 is 28.9 Å². The van der Waals surface area contributed by atoms with E-state index in [4.69, 9.17) is 15.2 Å². The number of nitrogen functional groups attached to an aromatic ring is 1. The number of nitrogens with zero attached hydrogens (tertiary/aromatic N) is 4. The number of pyridine rings is 3. The van der Waals surface area contributed by atoms with Gasteiger partial charge in [-0.1, -0.05) is 17.7 Å². The lowest BCUT2D eigenvalue weighted by Gasteiger charge is -2.25. The van der Waals surface area contributed by atoms with E-state index in [1.165, 1.54) is 4.90 Å². The summed E-state index contributed by atoms with van der Waals surface area (Å²) in [5.41, 5.74) is 10.5. The van der Waals surface area contributed by atoms with Gasteiger partial charge in [0.25, 0.3) is 0 Å². The topological polar surface area (TPSA) is 141 Å². The maximum absolute atomic E-state index is 12.7. The number of rotatable bonds is 7. The standard InChI is InChI=1S/C30H33N5O5/c1-17-9-10-21(28(36)37)22(12-17)18(2)39-24-13-19(14-34-27(24)31)25-20(15-33-23-8-7-11-32-26(23)25)16-35(6)29(38)40-30(3,4)5/h7-15,18H,16H2,1-6H3,(H2,31,34)(H,36,37). The molecular formula is C30H33N5O5. The maximum atomic E-state index is 12.7. The van der Waals surface area contributed by atoms with Gasteiger partial charge in [0.1, 0.15) is 11.7 Å². The number of carboxylic acid groups (broad SMARTS) is 1. The van der Waals surface area contributed by atoms with Crippen LogP contribution < -0.4 is 10.5 Å². The van der Waals surface area contributed by atoms with Crippen molar-refractivity contribution in [3.05, 3.63) is 77.2 Å². The number of anilines is 1. The smallest absolute Gasteiger partial charge is 0.410 e. The first-order valence-corrected chi connectivity index (χ1v) is 12.8. The summed E-state index contributed by atoms with van der Waals surface area (Å²) in [7, 11) is 1.65. The average molecular weight is 544 g/mol. The number of fused-ring (bicyclic) bond motifs is 1. The number of amides is 1. The third-order valence-electron chi connectivity index (χ3n) is 6.17. The van der Waals surface area contributed by atoms with Crippen LogP contribution in [-0.2, 0) is 11.3 Å². The molecule has 1 aromatic carbocycles. The number of ether oxygens (including phenoxy) is 2. The molecule has 0 spiro atoms. The summed E-state index contributed by atoms with van der Waals surface area (Å²) in [6.07, 6.45) is 3.88. The third-order valence-corrected chi connectivity index (χ3v) is 6.17. The minimum absolute atomic E-state index is 0.151. The van der Waals surface area contributed by atoms with Crippen LogP contribution in [0.1, 0.15) is 60.8 Å². The van der Waals surface area contributed by atoms with E-state index >= 15 is 0 Å². The van der Waals surface area contributed by atoms with Crippen LogP contribution in [-0.4, -0.2) is 49.7 Å². The number of carbonyl (C=O) groups excluding carboxylic acids is 1. The normalized spacial score (nSPS) is 12.2. The van der Waals surface area contributed by atoms with E-state index in [0.29, 0.717) is 27.7 Å². The van der Waals surface area contributed by atoms with Gasteiger partial charge in [0, 0.05) is 47.9 Å². The van der Waals surface area contributed by atoms with Gasteiger partial charge >= 0.3 is 12.1 Å². The molecule has 0 aliphatic rings. The van der Waals surface area contributed by atoms with Gasteiger partial charge in [-0.15, -0.1) is 0 Å². The molecule has 40 heavy (non-hydrogen) atoms. The molecule has 0 saturated carbocycles. The molecule has 0 bridgehead atoms. The fourth-order valence-corrected chi connectivity index (χ4v) is 4.31. The molecule has 3 aromatic heterocycles. The highest BCUT2D eigenvalue weighted by Crippen LogP contribution is 2.36. The Labute approximate surface area is 232 Å². The van der Waals surface area contributed by atoms with Crippen LogP contribution in [0.15, 0.2) is 55.0 Å². The Morgan fingerprint density at radius 2 is 1.85 bits per heavy atom. The molecule has 0 aliphatic carbocycles. The summed E-state index contributed by atoms with van der Waals surface area (Å²) in [5, 5.41) is 9.68. The zero-order valence-corrected chi connectivity index (χ0v) is 23.4. The van der Waals surface area contributed by atoms with Crippen molar-refractivity contribution in [3.8, 4) is 16.9 Å². The molecule has 0 saturated heterocycles. The Hall–Kier alpha value is -4.73. The van der Waals surface area contributed by atoms with E-state index in [2.05, 4.69) is 15.0 Å². The lowest BCUT2D eigenvalue weighted by molar-refractivity contribution is 0.0285. The van der Waals surface area contributed by atoms with Crippen molar-refractivity contribution in [2.45, 2.75) is 52.9 Å². The molecule has 0 aliphatic heterocycles. The van der Waals surface area contributed by atoms with E-state index < -0.39 is 23.8 Å². The van der Waals surface area contributed by atoms with Crippen LogP contribution in [0.5, 0.6) is 5.75 Å². The van der Waals surface area contributed by atoms with Crippen LogP contribution in [0.3, 0.4) is 0 Å². The second-order valence-corrected chi connectivity index (χ2v) is 10.6. The first-order chi connectivity index (χ1) is 18.8. The Kier molecular flexibility index (Phi) is 7.90. The summed E-state index contributed by atoms with van der Waals surface area (Å²) in [6, 6.07) is 10.5. The number of hydrogen-bond donors (Lipinski definition) is 2. The summed E-state index contributed by atoms with van der Waals surface area (Å²) in [6.45, 7) is 9.28. The van der Waals surface area contributed by atoms with Gasteiger partial charge in [0.15, 0.2) is 11.6 Å². The van der Waals surface area contributed by atoms with E-state index in [9.17, 15) is 14.7 Å². The summed E-state index contributed by atoms with van der Waals surface area (Å²) < 4.78 is 11.7. The predicted octanol–water partition coefficient (Wildman–Crippen LogP) is 5.79. The number of aromatic carboxylic acids is 1. The van der Waals surface area contributed by atoms with Gasteiger partial charge in [-0.2, -0.15) is 0 Å². The number of carbonyl (C=O) groups is 2. The number of benzene rings is 1. The summed E-state index contributed by atoms with van der Waals surface area (Å²) in [4.78, 5) is 39.5. The lowest BCUT2D eigenvalue weighted by atomic mass is 9.99. The maximum Gasteiger partial charge on any atom is 0.410 e. The average Bonchev–Trinajstić information content (AvgIpc) is 2.88. The van der Waals surface area contributed by atoms with Gasteiger partial charge in [-0.05, 0) is 58.9 Å². The molecule has 1 unspecified atom stereocenters. The van der Waals surface area contributed by atoms with Gasteiger partial charge in [0.2, 0.25) is 0 Å². The van der Waals surface area contributed by atoms with E-state index in [-0.39, 0.29) is 23.7 Å². The van der Waals surface area contributed by atoms with Crippen LogP contribution in [0.2, 0.25) is 0 Å². The molecule has 0 radical (unpaired) electrons. The highest BCUT2D eigenvalue weighted by atomic mass is 16.6. The molecule has 208 valence electrons. The number of aryl methyl sites for hydroxylation is 1. The second kappa shape index (κ2) is 11.2. The number of hydrogen-bond acceptors (Lipinski definition) is 8. The molecule has 3 N–H and O–H groups in total. The fourth-order valence-electron chi connectivity index (χ4n) is 4.31. The van der Waals surface area contributed by atoms with Crippen molar-refractivity contribution < 1.29 is 24.2 Å². The van der Waals surface area contributed by atoms with Gasteiger partial charge < -0.3 is 25.2 Å². The van der Waals surface area contributed by atoms with Gasteiger partial charge in [-0.25, -0.2) is 14.6 Å². The lowest BCUT2D eigenvalue weighted by Crippen LogP contribution is -2.34. The van der Waals surface area contributed by atoms with Crippen molar-refractivity contribution in [2.24, 2.45) is 0 Å². The molecule has 10 heteroatoms. The van der Waals surface area contributed by atoms with Crippen LogP contribution in [0.25, 0.3) is 22.2 Å². The number of aromatic nitrogens is 3. The van der Waals surface area contributed by atoms with Crippen molar-refractivity contribution in [2.75, 3.05) is 12.8 Å². The Morgan fingerprint density at radius 3 is 2.55 bits per heavy atom. The van der Waals surface area contributed by atoms with Crippen LogP contribution in [0, 0.1) is 6.92 Å². The summed E-state index contributed by atoms with van der Waals surface area (Å²) in [5.74, 6) is -0.604. The first kappa shape index (κ1) is 28.3. The first-order valence-electron chi connectivity index (χ1n) is 12.8. The molecule has 1 amide bonds. The van der Waals surface area contributed by atoms with Crippen molar-refractivity contribution in [1.29, 1.82) is 0 Å². The zero-order valence-electron chi connectivity index (χ0n) is 23.4. The highest BCUT2D eigenvalue weighted by molar-refractivity contribution is 5.93. The van der Waals surface area contributed by atoms with Gasteiger partial charge in [0.05, 0.1) is 23.1 Å². The Balaban J connectivity index is 1.76. The summed E-state index contributed by atoms with van der Waals surface area (Å²) >= 11 is 0. The molecule has 10 nitrogen and oxygen atoms in total. The molecule has 4 aromatic rings. The van der Waals surface area contributed by atoms with E-state index in [1.54, 1.807) is 62.9 Å². The predicted molar refractivity (Wildman–Crippen MR) is 152 cm³/mol. The molecule has 1 atom stereocenters. The van der Waals surface area contributed by atoms with E-state index in [1.807, 2.05) is 33.8 Å². The monoisotopic (exact) mass is 543 g/mol. The SMILES string of the molecule is Cc1ccc(C(=O)O)c(C(C)Oc2cc(-c3c(CN(C)C(=O)OC(C)(C)C)cnc4cccnc34)cnc2N)c1. The minimum atomic E-state index is -1.04. The number of nitrogens with two attached hydrogens (primary N) is 1. The van der Waals surface area contributed by atoms with Crippen LogP contribution >= 0.6 is 0 Å². The quantitative estimate of drug-likeness (QED) is 0.296. The molecular weight excluding hydrogens is 510 g/mol. The Bertz CT molecular complexity index is 1580. The Morgan fingerprint density at radius 1 is 1.10 bits per heavy atom. The highest BCUT2D eigenvalue weighted by Gasteiger charge is 2.23. The number of carboxylic acids is 1. The second-order valence-electron chi connectivity index (χ2n) is 10.6. The zero-order chi connectivity index (χ0) is 29.2. The van der Waals surface area contributed by atoms with Crippen molar-refractivity contribution in [3.63, 3.8) is 0 Å². The largest absolute Gasteiger partial charge is 0.482 e. The van der Waals surface area contributed by atoms with E-state index in [0.717, 1.165) is 11.1 Å². The van der Waals surface area contributed by atoms with Gasteiger partial charge in [-0.3, -0.25) is 9.97 Å². The van der Waals surface area contributed by atoms with Crippen LogP contribution in [0.4, 0.5) is 10.6 Å². The molecule has 0 fully saturated rings. The third kappa shape index (κ3) is 6.28. The minimum Gasteiger partial charge on any atom is -0.482 e. The van der Waals surface area contributed by atoms with Crippen molar-refractivity contribution in [1.82, 2.24) is 19.9 Å².